The molecule has 0 amide bonds. The van der Waals surface area contributed by atoms with Crippen LogP contribution >= 0.6 is 15.9 Å². The van der Waals surface area contributed by atoms with Crippen LogP contribution in [-0.4, -0.2) is 16.8 Å². The second-order valence-corrected chi connectivity index (χ2v) is 6.29. The summed E-state index contributed by atoms with van der Waals surface area (Å²) in [5.41, 5.74) is 4.47. The molecule has 1 aromatic carbocycles. The van der Waals surface area contributed by atoms with Crippen LogP contribution in [0.2, 0.25) is 0 Å². The number of unbranched alkanes of at least 4 members (excludes halogenated alkanes) is 1. The molecule has 0 N–H and O–H groups in total. The van der Waals surface area contributed by atoms with Gasteiger partial charge in [-0.2, -0.15) is 4.58 Å². The first kappa shape index (κ1) is 12.8. The topological polar surface area (TPSA) is 3.01 Å². The van der Waals surface area contributed by atoms with E-state index in [1.807, 2.05) is 0 Å². The molecule has 2 heteroatoms. The molecule has 0 radical (unpaired) electrons. The zero-order valence-electron chi connectivity index (χ0n) is 11.2. The van der Waals surface area contributed by atoms with E-state index in [2.05, 4.69) is 66.4 Å². The molecule has 1 heterocycles. The molecule has 92 valence electrons. The van der Waals surface area contributed by atoms with Crippen LogP contribution in [0.25, 0.3) is 0 Å². The molecule has 0 fully saturated rings. The Kier molecular flexibility index (Phi) is 3.44. The van der Waals surface area contributed by atoms with Crippen LogP contribution in [0.15, 0.2) is 22.7 Å². The molecule has 0 aliphatic carbocycles. The van der Waals surface area contributed by atoms with Crippen molar-refractivity contribution < 1.29 is 4.58 Å². The Hall–Kier alpha value is -0.630. The second kappa shape index (κ2) is 4.56. The molecular formula is C15H21BrN+. The van der Waals surface area contributed by atoms with Crippen molar-refractivity contribution in [2.24, 2.45) is 0 Å². The summed E-state index contributed by atoms with van der Waals surface area (Å²) in [6.45, 7) is 10.3. The predicted molar refractivity (Wildman–Crippen MR) is 77.5 cm³/mol. The molecule has 0 aromatic heterocycles. The van der Waals surface area contributed by atoms with Gasteiger partial charge in [-0.1, -0.05) is 29.3 Å². The summed E-state index contributed by atoms with van der Waals surface area (Å²) in [7, 11) is 0. The van der Waals surface area contributed by atoms with Crippen molar-refractivity contribution >= 4 is 27.3 Å². The molecule has 17 heavy (non-hydrogen) atoms. The van der Waals surface area contributed by atoms with Crippen LogP contribution in [0.1, 0.15) is 46.1 Å². The smallest absolute Gasteiger partial charge is 0.199 e. The van der Waals surface area contributed by atoms with Crippen LogP contribution in [0.5, 0.6) is 0 Å². The largest absolute Gasteiger partial charge is 0.209 e. The lowest BCUT2D eigenvalue weighted by Crippen LogP contribution is -2.26. The lowest BCUT2D eigenvalue weighted by molar-refractivity contribution is -0.439. The Morgan fingerprint density at radius 1 is 1.29 bits per heavy atom. The second-order valence-electron chi connectivity index (χ2n) is 5.38. The van der Waals surface area contributed by atoms with E-state index in [0.717, 1.165) is 6.54 Å². The van der Waals surface area contributed by atoms with Crippen molar-refractivity contribution in [3.05, 3.63) is 28.2 Å². The van der Waals surface area contributed by atoms with Crippen molar-refractivity contribution in [2.45, 2.75) is 46.0 Å². The fourth-order valence-electron chi connectivity index (χ4n) is 2.56. The standard InChI is InChI=1S/C15H21BrN/c1-5-6-9-17-11(2)15(3,4)13-10-12(16)7-8-14(13)17/h7-8,10H,5-6,9H2,1-4H3/q+1. The van der Waals surface area contributed by atoms with Gasteiger partial charge in [0.05, 0.1) is 5.41 Å². The maximum atomic E-state index is 3.58. The summed E-state index contributed by atoms with van der Waals surface area (Å²) in [4.78, 5) is 0. The van der Waals surface area contributed by atoms with E-state index in [1.165, 1.54) is 34.3 Å². The summed E-state index contributed by atoms with van der Waals surface area (Å²) in [5.74, 6) is 0. The monoisotopic (exact) mass is 294 g/mol. The van der Waals surface area contributed by atoms with Gasteiger partial charge in [-0.3, -0.25) is 0 Å². The SMILES string of the molecule is CCCC[N+]1=C(C)C(C)(C)c2cc(Br)ccc21. The molecule has 1 aromatic rings. The zero-order valence-corrected chi connectivity index (χ0v) is 12.8. The van der Waals surface area contributed by atoms with Crippen molar-refractivity contribution in [1.82, 2.24) is 0 Å². The lowest BCUT2D eigenvalue weighted by atomic mass is 9.82. The van der Waals surface area contributed by atoms with Gasteiger partial charge in [0.1, 0.15) is 6.54 Å². The number of rotatable bonds is 3. The Morgan fingerprint density at radius 3 is 2.65 bits per heavy atom. The third-order valence-corrected chi connectivity index (χ3v) is 4.46. The van der Waals surface area contributed by atoms with E-state index >= 15 is 0 Å². The van der Waals surface area contributed by atoms with E-state index in [4.69, 9.17) is 0 Å². The molecular weight excluding hydrogens is 274 g/mol. The molecule has 1 aliphatic heterocycles. The molecule has 0 atom stereocenters. The highest BCUT2D eigenvalue weighted by Gasteiger charge is 2.42. The van der Waals surface area contributed by atoms with Gasteiger partial charge < -0.3 is 0 Å². The quantitative estimate of drug-likeness (QED) is 0.714. The van der Waals surface area contributed by atoms with Gasteiger partial charge in [0.2, 0.25) is 5.69 Å². The van der Waals surface area contributed by atoms with Gasteiger partial charge in [-0.15, -0.1) is 0 Å². The molecule has 0 bridgehead atoms. The van der Waals surface area contributed by atoms with Crippen LogP contribution in [0, 0.1) is 0 Å². The third-order valence-electron chi connectivity index (χ3n) is 3.97. The van der Waals surface area contributed by atoms with Gasteiger partial charge in [-0.25, -0.2) is 0 Å². The van der Waals surface area contributed by atoms with Gasteiger partial charge in [-0.05, 0) is 26.0 Å². The number of hydrogen-bond donors (Lipinski definition) is 0. The van der Waals surface area contributed by atoms with E-state index in [9.17, 15) is 0 Å². The minimum absolute atomic E-state index is 0.160. The Balaban J connectivity index is 2.50. The third kappa shape index (κ3) is 2.08. The van der Waals surface area contributed by atoms with Crippen molar-refractivity contribution in [1.29, 1.82) is 0 Å². The average molecular weight is 295 g/mol. The normalized spacial score (nSPS) is 17.5. The molecule has 0 unspecified atom stereocenters. The lowest BCUT2D eigenvalue weighted by Gasteiger charge is -2.14. The number of nitrogens with zero attached hydrogens (tertiary/aromatic N) is 1. The molecule has 2 rings (SSSR count). The summed E-state index contributed by atoms with van der Waals surface area (Å²) in [5, 5.41) is 0. The Labute approximate surface area is 113 Å². The van der Waals surface area contributed by atoms with Crippen molar-refractivity contribution in [3.63, 3.8) is 0 Å². The molecule has 0 saturated carbocycles. The first-order valence-corrected chi connectivity index (χ1v) is 7.19. The number of benzene rings is 1. The molecule has 1 aliphatic rings. The number of hydrogen-bond acceptors (Lipinski definition) is 0. The van der Waals surface area contributed by atoms with Gasteiger partial charge >= 0.3 is 0 Å². The van der Waals surface area contributed by atoms with Crippen molar-refractivity contribution in [2.75, 3.05) is 6.54 Å². The number of fused-ring (bicyclic) bond motifs is 1. The van der Waals surface area contributed by atoms with Crippen LogP contribution in [0.3, 0.4) is 0 Å². The number of halogens is 1. The fourth-order valence-corrected chi connectivity index (χ4v) is 2.92. The maximum absolute atomic E-state index is 3.58. The van der Waals surface area contributed by atoms with Gasteiger partial charge in [0.15, 0.2) is 5.71 Å². The highest BCUT2D eigenvalue weighted by atomic mass is 79.9. The average Bonchev–Trinajstić information content (AvgIpc) is 2.47. The summed E-state index contributed by atoms with van der Waals surface area (Å²) in [6.07, 6.45) is 2.50. The molecule has 1 nitrogen and oxygen atoms in total. The zero-order chi connectivity index (χ0) is 12.6. The predicted octanol–water partition coefficient (Wildman–Crippen LogP) is 4.65. The van der Waals surface area contributed by atoms with E-state index in [-0.39, 0.29) is 5.41 Å². The van der Waals surface area contributed by atoms with Gasteiger partial charge in [0.25, 0.3) is 0 Å². The molecule has 0 saturated heterocycles. The minimum Gasteiger partial charge on any atom is -0.199 e. The van der Waals surface area contributed by atoms with E-state index in [0.29, 0.717) is 0 Å². The fraction of sp³-hybridized carbons (Fsp3) is 0.533. The summed E-state index contributed by atoms with van der Waals surface area (Å²) in [6, 6.07) is 6.66. The van der Waals surface area contributed by atoms with Crippen molar-refractivity contribution in [3.8, 4) is 0 Å². The maximum Gasteiger partial charge on any atom is 0.209 e. The summed E-state index contributed by atoms with van der Waals surface area (Å²) >= 11 is 3.58. The highest BCUT2D eigenvalue weighted by molar-refractivity contribution is 9.10. The van der Waals surface area contributed by atoms with Crippen LogP contribution < -0.4 is 0 Å². The minimum atomic E-state index is 0.160. The van der Waals surface area contributed by atoms with E-state index < -0.39 is 0 Å². The Bertz CT molecular complexity index is 472. The summed E-state index contributed by atoms with van der Waals surface area (Å²) < 4.78 is 3.67. The van der Waals surface area contributed by atoms with Gasteiger partial charge in [0, 0.05) is 29.4 Å². The first-order valence-electron chi connectivity index (χ1n) is 6.40. The van der Waals surface area contributed by atoms with E-state index in [1.54, 1.807) is 0 Å². The molecule has 0 spiro atoms. The highest BCUT2D eigenvalue weighted by Crippen LogP contribution is 2.40. The Morgan fingerprint density at radius 2 is 2.00 bits per heavy atom. The van der Waals surface area contributed by atoms with Crippen LogP contribution in [-0.2, 0) is 5.41 Å². The van der Waals surface area contributed by atoms with Crippen LogP contribution in [0.4, 0.5) is 5.69 Å². The first-order chi connectivity index (χ1) is 7.98.